The third kappa shape index (κ3) is 2.87. The fourth-order valence-corrected chi connectivity index (χ4v) is 2.42. The third-order valence-corrected chi connectivity index (χ3v) is 3.35. The lowest BCUT2D eigenvalue weighted by atomic mass is 10.2. The van der Waals surface area contributed by atoms with Crippen LogP contribution in [-0.4, -0.2) is 20.2 Å². The van der Waals surface area contributed by atoms with Crippen LogP contribution in [0, 0.1) is 0 Å². The van der Waals surface area contributed by atoms with Crippen LogP contribution < -0.4 is 5.32 Å². The van der Waals surface area contributed by atoms with Gasteiger partial charge in [0.15, 0.2) is 10.8 Å². The molecule has 0 radical (unpaired) electrons. The minimum absolute atomic E-state index is 0.0761. The summed E-state index contributed by atoms with van der Waals surface area (Å²) in [5.74, 6) is 0.571. The molecule has 2 N–H and O–H groups in total. The lowest BCUT2D eigenvalue weighted by Gasteiger charge is -2.03. The molecule has 0 atom stereocenters. The van der Waals surface area contributed by atoms with Crippen LogP contribution in [0.15, 0.2) is 36.0 Å². The van der Waals surface area contributed by atoms with Gasteiger partial charge in [-0.1, -0.05) is 6.07 Å². The van der Waals surface area contributed by atoms with Gasteiger partial charge >= 0.3 is 6.18 Å². The maximum Gasteiger partial charge on any atom is 0.435 e. The molecule has 108 valence electrons. The van der Waals surface area contributed by atoms with Gasteiger partial charge in [-0.2, -0.15) is 18.3 Å². The summed E-state index contributed by atoms with van der Waals surface area (Å²) in [6, 6.07) is 5.29. The maximum absolute atomic E-state index is 12.8. The normalized spacial score (nSPS) is 11.6. The fraction of sp³-hybridized carbons (Fsp3) is 0.0833. The first-order chi connectivity index (χ1) is 10.0. The van der Waals surface area contributed by atoms with Crippen molar-refractivity contribution in [2.75, 3.05) is 5.32 Å². The van der Waals surface area contributed by atoms with Gasteiger partial charge < -0.3 is 5.32 Å². The minimum Gasteiger partial charge on any atom is -0.316 e. The molecule has 3 rings (SSSR count). The largest absolute Gasteiger partial charge is 0.435 e. The van der Waals surface area contributed by atoms with E-state index in [1.807, 2.05) is 0 Å². The van der Waals surface area contributed by atoms with Gasteiger partial charge in [-0.3, -0.25) is 5.10 Å². The number of thiazole rings is 1. The topological polar surface area (TPSA) is 66.5 Å². The number of hydrogen-bond acceptors (Lipinski definition) is 5. The molecule has 0 unspecified atom stereocenters. The smallest absolute Gasteiger partial charge is 0.316 e. The highest BCUT2D eigenvalue weighted by atomic mass is 32.1. The third-order valence-electron chi connectivity index (χ3n) is 2.59. The maximum atomic E-state index is 12.8. The Morgan fingerprint density at radius 1 is 1.24 bits per heavy atom. The molecule has 9 heteroatoms. The van der Waals surface area contributed by atoms with Crippen molar-refractivity contribution >= 4 is 22.3 Å². The van der Waals surface area contributed by atoms with Crippen LogP contribution in [0.25, 0.3) is 11.3 Å². The van der Waals surface area contributed by atoms with E-state index in [9.17, 15) is 13.2 Å². The molecule has 0 aliphatic heterocycles. The van der Waals surface area contributed by atoms with E-state index in [-0.39, 0.29) is 11.3 Å². The van der Waals surface area contributed by atoms with Gasteiger partial charge in [0, 0.05) is 17.8 Å². The van der Waals surface area contributed by atoms with Crippen molar-refractivity contribution in [2.45, 2.75) is 6.18 Å². The van der Waals surface area contributed by atoms with Gasteiger partial charge in [-0.25, -0.2) is 9.97 Å². The van der Waals surface area contributed by atoms with Crippen LogP contribution in [-0.2, 0) is 6.18 Å². The monoisotopic (exact) mass is 311 g/mol. The second kappa shape index (κ2) is 5.17. The van der Waals surface area contributed by atoms with E-state index < -0.39 is 11.9 Å². The predicted molar refractivity (Wildman–Crippen MR) is 72.2 cm³/mol. The molecule has 3 aromatic rings. The van der Waals surface area contributed by atoms with E-state index in [0.717, 1.165) is 0 Å². The SMILES string of the molecule is FC(F)(F)c1n[nH]cc1-c1csc(Nc2ccccn2)n1. The molecule has 0 saturated heterocycles. The van der Waals surface area contributed by atoms with Gasteiger partial charge in [0.1, 0.15) is 5.82 Å². The molecule has 0 aliphatic rings. The van der Waals surface area contributed by atoms with Crippen molar-refractivity contribution in [3.05, 3.63) is 41.7 Å². The molecular formula is C12H8F3N5S. The second-order valence-corrected chi connectivity index (χ2v) is 4.88. The van der Waals surface area contributed by atoms with Gasteiger partial charge in [-0.05, 0) is 12.1 Å². The summed E-state index contributed by atoms with van der Waals surface area (Å²) in [5.41, 5.74) is -0.843. The average molecular weight is 311 g/mol. The van der Waals surface area contributed by atoms with Crippen molar-refractivity contribution in [3.63, 3.8) is 0 Å². The number of aromatic nitrogens is 4. The first kappa shape index (κ1) is 13.6. The van der Waals surface area contributed by atoms with Crippen molar-refractivity contribution in [1.29, 1.82) is 0 Å². The summed E-state index contributed by atoms with van der Waals surface area (Å²) in [5, 5.41) is 10.4. The second-order valence-electron chi connectivity index (χ2n) is 4.02. The molecule has 0 fully saturated rings. The summed E-state index contributed by atoms with van der Waals surface area (Å²) >= 11 is 1.19. The lowest BCUT2D eigenvalue weighted by molar-refractivity contribution is -0.140. The quantitative estimate of drug-likeness (QED) is 0.774. The number of hydrogen-bond donors (Lipinski definition) is 2. The first-order valence-corrected chi connectivity index (χ1v) is 6.67. The summed E-state index contributed by atoms with van der Waals surface area (Å²) < 4.78 is 38.4. The van der Waals surface area contributed by atoms with Crippen LogP contribution in [0.2, 0.25) is 0 Å². The Morgan fingerprint density at radius 2 is 2.10 bits per heavy atom. The fourth-order valence-electron chi connectivity index (χ4n) is 1.70. The highest BCUT2D eigenvalue weighted by Crippen LogP contribution is 2.36. The van der Waals surface area contributed by atoms with E-state index in [1.54, 1.807) is 24.4 Å². The minimum atomic E-state index is -4.52. The van der Waals surface area contributed by atoms with Crippen LogP contribution >= 0.6 is 11.3 Å². The molecule has 0 aliphatic carbocycles. The number of halogens is 3. The Balaban J connectivity index is 1.88. The number of nitrogens with zero attached hydrogens (tertiary/aromatic N) is 3. The summed E-state index contributed by atoms with van der Waals surface area (Å²) in [4.78, 5) is 8.19. The number of aromatic amines is 1. The van der Waals surface area contributed by atoms with Gasteiger partial charge in [0.25, 0.3) is 0 Å². The first-order valence-electron chi connectivity index (χ1n) is 5.79. The molecule has 0 aromatic carbocycles. The summed E-state index contributed by atoms with van der Waals surface area (Å²) in [7, 11) is 0. The van der Waals surface area contributed by atoms with E-state index in [2.05, 4.69) is 25.5 Å². The van der Waals surface area contributed by atoms with E-state index in [1.165, 1.54) is 22.9 Å². The molecule has 3 heterocycles. The van der Waals surface area contributed by atoms with Crippen molar-refractivity contribution in [1.82, 2.24) is 20.2 Å². The zero-order chi connectivity index (χ0) is 14.9. The standard InChI is InChI=1S/C12H8F3N5S/c13-12(14,15)10-7(5-17-20-10)8-6-21-11(18-8)19-9-3-1-2-4-16-9/h1-6H,(H,17,20)(H,16,18,19). The van der Waals surface area contributed by atoms with Crippen molar-refractivity contribution < 1.29 is 13.2 Å². The number of nitrogens with one attached hydrogen (secondary N) is 2. The average Bonchev–Trinajstić information content (AvgIpc) is 3.07. The Labute approximate surface area is 120 Å². The molecule has 0 spiro atoms. The van der Waals surface area contributed by atoms with Crippen LogP contribution in [0.1, 0.15) is 5.69 Å². The van der Waals surface area contributed by atoms with Crippen LogP contribution in [0.3, 0.4) is 0 Å². The Bertz CT molecular complexity index is 735. The van der Waals surface area contributed by atoms with Crippen molar-refractivity contribution in [3.8, 4) is 11.3 Å². The molecular weight excluding hydrogens is 303 g/mol. The highest BCUT2D eigenvalue weighted by Gasteiger charge is 2.37. The van der Waals surface area contributed by atoms with Crippen molar-refractivity contribution in [2.24, 2.45) is 0 Å². The number of rotatable bonds is 3. The predicted octanol–water partition coefficient (Wildman–Crippen LogP) is 3.69. The number of pyridine rings is 1. The van der Waals surface area contributed by atoms with E-state index in [4.69, 9.17) is 0 Å². The molecule has 0 bridgehead atoms. The molecule has 0 amide bonds. The lowest BCUT2D eigenvalue weighted by Crippen LogP contribution is -2.07. The molecule has 5 nitrogen and oxygen atoms in total. The van der Waals surface area contributed by atoms with E-state index in [0.29, 0.717) is 10.9 Å². The van der Waals surface area contributed by atoms with Gasteiger partial charge in [-0.15, -0.1) is 11.3 Å². The highest BCUT2D eigenvalue weighted by molar-refractivity contribution is 7.14. The summed E-state index contributed by atoms with van der Waals surface area (Å²) in [6.07, 6.45) is -1.73. The number of alkyl halides is 3. The van der Waals surface area contributed by atoms with Gasteiger partial charge in [0.2, 0.25) is 0 Å². The zero-order valence-corrected chi connectivity index (χ0v) is 11.2. The Morgan fingerprint density at radius 3 is 2.81 bits per heavy atom. The Kier molecular flexibility index (Phi) is 3.34. The number of H-pyrrole nitrogens is 1. The molecule has 0 saturated carbocycles. The summed E-state index contributed by atoms with van der Waals surface area (Å²) in [6.45, 7) is 0. The molecule has 3 aromatic heterocycles. The van der Waals surface area contributed by atoms with Crippen LogP contribution in [0.4, 0.5) is 24.1 Å². The molecule has 21 heavy (non-hydrogen) atoms. The number of anilines is 2. The zero-order valence-electron chi connectivity index (χ0n) is 10.3. The van der Waals surface area contributed by atoms with Crippen LogP contribution in [0.5, 0.6) is 0 Å². The Hall–Kier alpha value is -2.42. The van der Waals surface area contributed by atoms with E-state index >= 15 is 0 Å². The van der Waals surface area contributed by atoms with Gasteiger partial charge in [0.05, 0.1) is 11.3 Å².